The Morgan fingerprint density at radius 2 is 2.43 bits per heavy atom. The van der Waals surface area contributed by atoms with Crippen LogP contribution in [0.5, 0.6) is 0 Å². The third kappa shape index (κ3) is 6.09. The molecule has 0 aliphatic rings. The SMILES string of the molecule is [B][B]NCCCC. The minimum absolute atomic E-state index is 1.01. The summed E-state index contributed by atoms with van der Waals surface area (Å²) < 4.78 is 0. The molecule has 0 bridgehead atoms. The van der Waals surface area contributed by atoms with E-state index in [1.807, 2.05) is 0 Å². The van der Waals surface area contributed by atoms with Crippen LogP contribution in [0, 0.1) is 0 Å². The Balaban J connectivity index is 2.45. The highest BCUT2D eigenvalue weighted by atomic mass is 14.7. The molecule has 0 aromatic heterocycles. The van der Waals surface area contributed by atoms with Crippen LogP contribution < -0.4 is 5.23 Å². The standard InChI is InChI=1S/C4H10B2N/c1-2-3-4-7-6-5/h7H,2-4H2,1H3. The first-order chi connectivity index (χ1) is 3.41. The van der Waals surface area contributed by atoms with Crippen LogP contribution in [0.1, 0.15) is 19.8 Å². The molecule has 0 saturated heterocycles. The molecule has 0 heterocycles. The van der Waals surface area contributed by atoms with Crippen LogP contribution in [-0.2, 0) is 0 Å². The number of unbranched alkanes of at least 4 members (excludes halogenated alkanes) is 1. The van der Waals surface area contributed by atoms with Crippen LogP contribution in [0.25, 0.3) is 0 Å². The van der Waals surface area contributed by atoms with Gasteiger partial charge in [0.05, 0.1) is 0 Å². The zero-order valence-electron chi connectivity index (χ0n) is 4.78. The third-order valence-corrected chi connectivity index (χ3v) is 0.793. The van der Waals surface area contributed by atoms with Crippen molar-refractivity contribution in [3.63, 3.8) is 0 Å². The van der Waals surface area contributed by atoms with E-state index in [0.29, 0.717) is 0 Å². The van der Waals surface area contributed by atoms with Gasteiger partial charge in [-0.1, -0.05) is 13.3 Å². The lowest BCUT2D eigenvalue weighted by molar-refractivity contribution is 0.769. The van der Waals surface area contributed by atoms with Gasteiger partial charge in [-0.15, -0.1) is 0 Å². The average molecular weight is 93.8 g/mol. The van der Waals surface area contributed by atoms with Crippen LogP contribution in [-0.4, -0.2) is 21.6 Å². The van der Waals surface area contributed by atoms with Crippen molar-refractivity contribution in [1.29, 1.82) is 0 Å². The summed E-state index contributed by atoms with van der Waals surface area (Å²) in [5.41, 5.74) is 0. The van der Waals surface area contributed by atoms with Crippen molar-refractivity contribution in [2.75, 3.05) is 6.54 Å². The van der Waals surface area contributed by atoms with E-state index in [1.54, 1.807) is 0 Å². The van der Waals surface area contributed by atoms with Crippen LogP contribution in [0.3, 0.4) is 0 Å². The topological polar surface area (TPSA) is 12.0 Å². The molecular weight excluding hydrogens is 83.7 g/mol. The number of hydrogen-bond donors (Lipinski definition) is 1. The highest BCUT2D eigenvalue weighted by Gasteiger charge is 1.78. The van der Waals surface area contributed by atoms with Gasteiger partial charge < -0.3 is 5.23 Å². The fourth-order valence-electron chi connectivity index (χ4n) is 0.362. The van der Waals surface area contributed by atoms with E-state index >= 15 is 0 Å². The number of nitrogens with one attached hydrogen (secondary N) is 1. The lowest BCUT2D eigenvalue weighted by atomic mass is 9.67. The molecule has 7 heavy (non-hydrogen) atoms. The van der Waals surface area contributed by atoms with E-state index in [4.69, 9.17) is 7.74 Å². The van der Waals surface area contributed by atoms with Gasteiger partial charge in [0.1, 0.15) is 7.31 Å². The second-order valence-electron chi connectivity index (χ2n) is 1.47. The smallest absolute Gasteiger partial charge is 0.144 e. The van der Waals surface area contributed by atoms with Gasteiger partial charge in [0, 0.05) is 7.74 Å². The summed E-state index contributed by atoms with van der Waals surface area (Å²) in [6.45, 7) is 3.16. The molecule has 0 atom stereocenters. The van der Waals surface area contributed by atoms with Crippen molar-refractivity contribution in [3.05, 3.63) is 0 Å². The lowest BCUT2D eigenvalue weighted by Crippen LogP contribution is -2.19. The highest BCUT2D eigenvalue weighted by molar-refractivity contribution is 6.87. The zero-order valence-corrected chi connectivity index (χ0v) is 4.78. The summed E-state index contributed by atoms with van der Waals surface area (Å²) in [5, 5.41) is 2.90. The van der Waals surface area contributed by atoms with E-state index in [-0.39, 0.29) is 0 Å². The maximum absolute atomic E-state index is 5.03. The van der Waals surface area contributed by atoms with Gasteiger partial charge in [0.2, 0.25) is 0 Å². The Labute approximate surface area is 47.5 Å². The van der Waals surface area contributed by atoms with Gasteiger partial charge in [-0.25, -0.2) is 0 Å². The van der Waals surface area contributed by atoms with Crippen LogP contribution >= 0.6 is 0 Å². The van der Waals surface area contributed by atoms with Crippen molar-refractivity contribution in [1.82, 2.24) is 5.23 Å². The first kappa shape index (κ1) is 7.09. The molecule has 1 N–H and O–H groups in total. The molecule has 0 aromatic carbocycles. The van der Waals surface area contributed by atoms with E-state index in [1.165, 1.54) is 20.1 Å². The minimum Gasteiger partial charge on any atom is -0.369 e. The van der Waals surface area contributed by atoms with E-state index < -0.39 is 0 Å². The normalized spacial score (nSPS) is 8.71. The van der Waals surface area contributed by atoms with E-state index in [2.05, 4.69) is 12.2 Å². The van der Waals surface area contributed by atoms with Gasteiger partial charge in [0.15, 0.2) is 0 Å². The average Bonchev–Trinajstić information content (AvgIpc) is 1.69. The Kier molecular flexibility index (Phi) is 6.17. The fourth-order valence-corrected chi connectivity index (χ4v) is 0.362. The van der Waals surface area contributed by atoms with Gasteiger partial charge in [-0.3, -0.25) is 0 Å². The van der Waals surface area contributed by atoms with Gasteiger partial charge in [0.25, 0.3) is 0 Å². The molecule has 0 aromatic rings. The van der Waals surface area contributed by atoms with Gasteiger partial charge >= 0.3 is 0 Å². The van der Waals surface area contributed by atoms with Crippen LogP contribution in [0.4, 0.5) is 0 Å². The fraction of sp³-hybridized carbons (Fsp3) is 1.00. The van der Waals surface area contributed by atoms with Crippen LogP contribution in [0.15, 0.2) is 0 Å². The summed E-state index contributed by atoms with van der Waals surface area (Å²) >= 11 is 0. The Morgan fingerprint density at radius 1 is 1.71 bits per heavy atom. The first-order valence-corrected chi connectivity index (χ1v) is 2.68. The first-order valence-electron chi connectivity index (χ1n) is 2.68. The Bertz CT molecular complexity index is 28.9. The quantitative estimate of drug-likeness (QED) is 0.384. The highest BCUT2D eigenvalue weighted by Crippen LogP contribution is 1.79. The molecule has 1 nitrogen and oxygen atoms in total. The summed E-state index contributed by atoms with van der Waals surface area (Å²) in [6.07, 6.45) is 2.43. The largest absolute Gasteiger partial charge is 0.369 e. The summed E-state index contributed by atoms with van der Waals surface area (Å²) in [5.74, 6) is 0. The Hall–Kier alpha value is 0.0899. The molecule has 0 spiro atoms. The predicted octanol–water partition coefficient (Wildman–Crippen LogP) is 0.0788. The molecule has 3 radical (unpaired) electrons. The van der Waals surface area contributed by atoms with Crippen molar-refractivity contribution in [2.45, 2.75) is 19.8 Å². The molecule has 37 valence electrons. The van der Waals surface area contributed by atoms with Gasteiger partial charge in [-0.2, -0.15) is 0 Å². The van der Waals surface area contributed by atoms with Crippen LogP contribution in [0.2, 0.25) is 0 Å². The molecular formula is C4H10B2N. The van der Waals surface area contributed by atoms with Crippen molar-refractivity contribution in [3.8, 4) is 0 Å². The third-order valence-electron chi connectivity index (χ3n) is 0.793. The maximum atomic E-state index is 5.03. The second-order valence-corrected chi connectivity index (χ2v) is 1.47. The van der Waals surface area contributed by atoms with Crippen molar-refractivity contribution < 1.29 is 0 Å². The van der Waals surface area contributed by atoms with E-state index in [0.717, 1.165) is 6.54 Å². The second kappa shape index (κ2) is 6.09. The summed E-state index contributed by atoms with van der Waals surface area (Å²) in [6, 6.07) is 0. The molecule has 0 aliphatic carbocycles. The summed E-state index contributed by atoms with van der Waals surface area (Å²) in [7, 11) is 6.51. The predicted molar refractivity (Wildman–Crippen MR) is 34.4 cm³/mol. The van der Waals surface area contributed by atoms with Crippen molar-refractivity contribution >= 4 is 15.0 Å². The monoisotopic (exact) mass is 94.1 g/mol. The number of rotatable bonds is 4. The molecule has 0 rings (SSSR count). The van der Waals surface area contributed by atoms with E-state index in [9.17, 15) is 0 Å². The summed E-state index contributed by atoms with van der Waals surface area (Å²) in [4.78, 5) is 0. The molecule has 0 unspecified atom stereocenters. The maximum Gasteiger partial charge on any atom is 0.144 e. The number of hydrogen-bond acceptors (Lipinski definition) is 1. The van der Waals surface area contributed by atoms with Gasteiger partial charge in [-0.05, 0) is 13.0 Å². The minimum atomic E-state index is 1.01. The van der Waals surface area contributed by atoms with Crippen molar-refractivity contribution in [2.24, 2.45) is 0 Å². The molecule has 0 saturated carbocycles. The molecule has 0 fully saturated rings. The Morgan fingerprint density at radius 3 is 2.86 bits per heavy atom. The molecule has 0 amide bonds. The lowest BCUT2D eigenvalue weighted by Gasteiger charge is -1.94. The molecule has 0 aliphatic heterocycles. The molecule has 3 heteroatoms. The zero-order chi connectivity index (χ0) is 5.54.